The van der Waals surface area contributed by atoms with E-state index in [1.807, 2.05) is 6.92 Å². The molecule has 5 rings (SSSR count). The van der Waals surface area contributed by atoms with Crippen LogP contribution in [0.2, 0.25) is 0 Å². The molecule has 0 bridgehead atoms. The molecule has 1 amide bonds. The first-order chi connectivity index (χ1) is 15.8. The third kappa shape index (κ3) is 3.53. The van der Waals surface area contributed by atoms with Crippen molar-refractivity contribution in [3.05, 3.63) is 66.0 Å². The summed E-state index contributed by atoms with van der Waals surface area (Å²) in [6, 6.07) is 4.51. The van der Waals surface area contributed by atoms with E-state index >= 15 is 0 Å². The third-order valence-corrected chi connectivity index (χ3v) is 5.31. The summed E-state index contributed by atoms with van der Waals surface area (Å²) in [4.78, 5) is 30.7. The lowest BCUT2D eigenvalue weighted by Crippen LogP contribution is -2.27. The van der Waals surface area contributed by atoms with Crippen molar-refractivity contribution in [3.63, 3.8) is 0 Å². The lowest BCUT2D eigenvalue weighted by molar-refractivity contribution is -0.118. The molecule has 1 unspecified atom stereocenters. The van der Waals surface area contributed by atoms with E-state index in [2.05, 4.69) is 25.0 Å². The zero-order valence-electron chi connectivity index (χ0n) is 18.0. The van der Waals surface area contributed by atoms with Crippen LogP contribution >= 0.6 is 0 Å². The Labute approximate surface area is 187 Å². The Balaban J connectivity index is 1.55. The van der Waals surface area contributed by atoms with Gasteiger partial charge in [-0.3, -0.25) is 14.8 Å². The number of nitrogens with two attached hydrogens (primary N) is 1. The maximum atomic E-state index is 14.8. The molecule has 166 valence electrons. The number of fused-ring (bicyclic) bond motifs is 1. The molecule has 0 saturated carbocycles. The number of allylic oxidation sites excluding steroid dienone is 1. The summed E-state index contributed by atoms with van der Waals surface area (Å²) < 4.78 is 21.8. The highest BCUT2D eigenvalue weighted by molar-refractivity contribution is 5.92. The second-order valence-corrected chi connectivity index (χ2v) is 7.60. The topological polar surface area (TPSA) is 124 Å². The highest BCUT2D eigenvalue weighted by Crippen LogP contribution is 2.34. The number of benzene rings is 1. The zero-order valence-corrected chi connectivity index (χ0v) is 18.0. The fourth-order valence-corrected chi connectivity index (χ4v) is 3.74. The highest BCUT2D eigenvalue weighted by atomic mass is 19.1. The first kappa shape index (κ1) is 20.5. The monoisotopic (exact) mass is 446 g/mol. The Morgan fingerprint density at radius 3 is 2.67 bits per heavy atom. The number of halogens is 1. The Hall–Kier alpha value is -4.41. The lowest BCUT2D eigenvalue weighted by Gasteiger charge is -2.24. The first-order valence-corrected chi connectivity index (χ1v) is 10.1. The number of amides is 1. The minimum atomic E-state index is -0.661. The molecule has 33 heavy (non-hydrogen) atoms. The first-order valence-electron chi connectivity index (χ1n) is 10.1. The number of carbonyl (C=O) groups excluding carboxylic acids is 1. The molecule has 1 aliphatic heterocycles. The van der Waals surface area contributed by atoms with Crippen molar-refractivity contribution in [1.29, 1.82) is 0 Å². The molecule has 4 aromatic rings. The molecule has 1 aromatic carbocycles. The standard InChI is InChI=1S/C22H19FN8O2/c1-11-7-26-18(9-25-11)14-8-27-22-28-21(29-30(22)10-14)16-6-15(4-5-17(16)23)31-12(2)19(20(24)32)33-13(31)3/h4-10,13H,1-3H3,(H2,24,32). The van der Waals surface area contributed by atoms with Gasteiger partial charge >= 0.3 is 0 Å². The van der Waals surface area contributed by atoms with Crippen molar-refractivity contribution in [2.75, 3.05) is 4.90 Å². The minimum Gasteiger partial charge on any atom is -0.463 e. The van der Waals surface area contributed by atoms with E-state index in [0.717, 1.165) is 5.69 Å². The summed E-state index contributed by atoms with van der Waals surface area (Å²) in [7, 11) is 0. The second-order valence-electron chi connectivity index (χ2n) is 7.60. The fraction of sp³-hybridized carbons (Fsp3) is 0.182. The Bertz CT molecular complexity index is 1430. The number of carbonyl (C=O) groups is 1. The third-order valence-electron chi connectivity index (χ3n) is 5.31. The van der Waals surface area contributed by atoms with Crippen LogP contribution in [-0.2, 0) is 9.53 Å². The number of hydrogen-bond donors (Lipinski definition) is 1. The average Bonchev–Trinajstić information content (AvgIpc) is 3.34. The molecule has 0 fully saturated rings. The SMILES string of the molecule is CC1=C(C(N)=O)OC(C)N1c1ccc(F)c(-c2nc3ncc(-c4cnc(C)cn4)cn3n2)c1. The normalized spacial score (nSPS) is 15.9. The van der Waals surface area contributed by atoms with Crippen LogP contribution in [0.3, 0.4) is 0 Å². The van der Waals surface area contributed by atoms with Gasteiger partial charge in [0.05, 0.1) is 28.8 Å². The minimum absolute atomic E-state index is 0.0789. The zero-order chi connectivity index (χ0) is 23.3. The number of primary amides is 1. The molecule has 3 aromatic heterocycles. The smallest absolute Gasteiger partial charge is 0.285 e. The second kappa shape index (κ2) is 7.62. The van der Waals surface area contributed by atoms with Gasteiger partial charge in [-0.2, -0.15) is 4.98 Å². The van der Waals surface area contributed by atoms with E-state index in [0.29, 0.717) is 28.4 Å². The van der Waals surface area contributed by atoms with Crippen molar-refractivity contribution in [1.82, 2.24) is 29.5 Å². The number of aryl methyl sites for hydroxylation is 1. The molecule has 0 saturated heterocycles. The molecule has 0 spiro atoms. The summed E-state index contributed by atoms with van der Waals surface area (Å²) in [5.74, 6) is -0.604. The number of ether oxygens (including phenoxy) is 1. The van der Waals surface area contributed by atoms with Crippen LogP contribution in [0.4, 0.5) is 10.1 Å². The largest absolute Gasteiger partial charge is 0.463 e. The lowest BCUT2D eigenvalue weighted by atomic mass is 10.1. The Morgan fingerprint density at radius 1 is 1.15 bits per heavy atom. The van der Waals surface area contributed by atoms with E-state index in [1.165, 1.54) is 10.6 Å². The van der Waals surface area contributed by atoms with Crippen LogP contribution < -0.4 is 10.6 Å². The molecule has 0 radical (unpaired) electrons. The number of aromatic nitrogens is 6. The molecule has 1 atom stereocenters. The predicted molar refractivity (Wildman–Crippen MR) is 117 cm³/mol. The van der Waals surface area contributed by atoms with Crippen molar-refractivity contribution >= 4 is 17.4 Å². The molecule has 2 N–H and O–H groups in total. The average molecular weight is 446 g/mol. The van der Waals surface area contributed by atoms with E-state index in [4.69, 9.17) is 10.5 Å². The quantitative estimate of drug-likeness (QED) is 0.507. The Morgan fingerprint density at radius 2 is 1.97 bits per heavy atom. The Kier molecular flexibility index (Phi) is 4.73. The van der Waals surface area contributed by atoms with Gasteiger partial charge in [-0.1, -0.05) is 0 Å². The van der Waals surface area contributed by atoms with Gasteiger partial charge in [-0.05, 0) is 39.0 Å². The van der Waals surface area contributed by atoms with Gasteiger partial charge in [0, 0.05) is 29.8 Å². The van der Waals surface area contributed by atoms with E-state index in [9.17, 15) is 9.18 Å². The van der Waals surface area contributed by atoms with Gasteiger partial charge in [0.25, 0.3) is 11.7 Å². The van der Waals surface area contributed by atoms with Crippen LogP contribution in [0, 0.1) is 12.7 Å². The predicted octanol–water partition coefficient (Wildman–Crippen LogP) is 2.60. The van der Waals surface area contributed by atoms with E-state index < -0.39 is 18.0 Å². The van der Waals surface area contributed by atoms with Gasteiger partial charge in [0.15, 0.2) is 12.1 Å². The molecule has 1 aliphatic rings. The van der Waals surface area contributed by atoms with Crippen LogP contribution in [0.1, 0.15) is 19.5 Å². The summed E-state index contributed by atoms with van der Waals surface area (Å²) in [6.45, 7) is 5.34. The van der Waals surface area contributed by atoms with E-state index in [1.54, 1.807) is 55.7 Å². The van der Waals surface area contributed by atoms with Crippen LogP contribution in [0.25, 0.3) is 28.4 Å². The summed E-state index contributed by atoms with van der Waals surface area (Å²) in [5, 5.41) is 4.42. The maximum absolute atomic E-state index is 14.8. The van der Waals surface area contributed by atoms with Crippen molar-refractivity contribution < 1.29 is 13.9 Å². The highest BCUT2D eigenvalue weighted by Gasteiger charge is 2.32. The van der Waals surface area contributed by atoms with Gasteiger partial charge in [-0.15, -0.1) is 5.10 Å². The summed E-state index contributed by atoms with van der Waals surface area (Å²) >= 11 is 0. The van der Waals surface area contributed by atoms with Crippen molar-refractivity contribution in [2.45, 2.75) is 27.0 Å². The number of rotatable bonds is 4. The molecular formula is C22H19FN8O2. The molecule has 4 heterocycles. The number of anilines is 1. The molecule has 0 aliphatic carbocycles. The summed E-state index contributed by atoms with van der Waals surface area (Å²) in [6.07, 6.45) is 6.15. The summed E-state index contributed by atoms with van der Waals surface area (Å²) in [5.41, 5.74) is 8.86. The van der Waals surface area contributed by atoms with Crippen LogP contribution in [0.5, 0.6) is 0 Å². The van der Waals surface area contributed by atoms with Crippen LogP contribution in [-0.4, -0.2) is 41.7 Å². The van der Waals surface area contributed by atoms with E-state index in [-0.39, 0.29) is 17.1 Å². The maximum Gasteiger partial charge on any atom is 0.285 e. The van der Waals surface area contributed by atoms with Crippen molar-refractivity contribution in [3.8, 4) is 22.6 Å². The fourth-order valence-electron chi connectivity index (χ4n) is 3.74. The van der Waals surface area contributed by atoms with Gasteiger partial charge in [0.2, 0.25) is 5.76 Å². The van der Waals surface area contributed by atoms with Crippen LogP contribution in [0.15, 0.2) is 54.4 Å². The molecular weight excluding hydrogens is 427 g/mol. The van der Waals surface area contributed by atoms with Crippen molar-refractivity contribution in [2.24, 2.45) is 5.73 Å². The molecule has 10 nitrogen and oxygen atoms in total. The number of hydrogen-bond acceptors (Lipinski definition) is 8. The molecule has 11 heteroatoms. The van der Waals surface area contributed by atoms with Gasteiger partial charge < -0.3 is 15.4 Å². The van der Waals surface area contributed by atoms with Gasteiger partial charge in [0.1, 0.15) is 5.82 Å². The van der Waals surface area contributed by atoms with Gasteiger partial charge in [-0.25, -0.2) is 13.9 Å². The number of nitrogens with zero attached hydrogens (tertiary/aromatic N) is 7.